The van der Waals surface area contributed by atoms with Crippen molar-refractivity contribution in [2.45, 2.75) is 77.4 Å². The highest BCUT2D eigenvalue weighted by Gasteiger charge is 2.46. The molecule has 1 aliphatic heterocycles. The molecule has 1 heterocycles. The van der Waals surface area contributed by atoms with E-state index in [1.165, 1.54) is 12.8 Å². The largest absolute Gasteiger partial charge is 0.353 e. The molecule has 2 rings (SSSR count). The number of carbonyl (C=O) groups excluding carboxylic acids is 2. The summed E-state index contributed by atoms with van der Waals surface area (Å²) in [5, 5.41) is 3.18. The molecule has 0 aromatic rings. The lowest BCUT2D eigenvalue weighted by molar-refractivity contribution is -0.147. The van der Waals surface area contributed by atoms with E-state index < -0.39 is 0 Å². The lowest BCUT2D eigenvalue weighted by atomic mass is 9.69. The number of hydrogen-bond donors (Lipinski definition) is 1. The van der Waals surface area contributed by atoms with Crippen molar-refractivity contribution < 1.29 is 9.59 Å². The molecule has 5 heteroatoms. The third kappa shape index (κ3) is 4.23. The summed E-state index contributed by atoms with van der Waals surface area (Å²) in [6, 6.07) is 0.664. The molecule has 1 saturated heterocycles. The van der Waals surface area contributed by atoms with E-state index in [2.05, 4.69) is 31.0 Å². The number of likely N-dealkylation sites (tertiary alicyclic amines) is 1. The summed E-state index contributed by atoms with van der Waals surface area (Å²) >= 11 is 1.59. The number of piperidine rings is 1. The summed E-state index contributed by atoms with van der Waals surface area (Å²) in [4.78, 5) is 27.4. The van der Waals surface area contributed by atoms with Crippen molar-refractivity contribution >= 4 is 23.6 Å². The van der Waals surface area contributed by atoms with E-state index in [0.29, 0.717) is 11.7 Å². The van der Waals surface area contributed by atoms with Gasteiger partial charge in [0.2, 0.25) is 11.8 Å². The highest BCUT2D eigenvalue weighted by atomic mass is 32.2. The maximum atomic E-state index is 12.8. The molecule has 0 bridgehead atoms. The Bertz CT molecular complexity index is 429. The van der Waals surface area contributed by atoms with Crippen LogP contribution in [0.1, 0.15) is 59.3 Å². The van der Waals surface area contributed by atoms with E-state index in [0.717, 1.165) is 25.7 Å². The number of fused-ring (bicyclic) bond motifs is 1. The van der Waals surface area contributed by atoms with Gasteiger partial charge >= 0.3 is 0 Å². The van der Waals surface area contributed by atoms with Gasteiger partial charge in [-0.2, -0.15) is 11.8 Å². The summed E-state index contributed by atoms with van der Waals surface area (Å²) in [5.41, 5.74) is 0. The average Bonchev–Trinajstić information content (AvgIpc) is 2.53. The van der Waals surface area contributed by atoms with Crippen LogP contribution in [0.15, 0.2) is 0 Å². The lowest BCUT2D eigenvalue weighted by Crippen LogP contribution is -2.59. The van der Waals surface area contributed by atoms with Gasteiger partial charge in [0.15, 0.2) is 0 Å². The van der Waals surface area contributed by atoms with Crippen molar-refractivity contribution in [2.75, 3.05) is 12.0 Å². The van der Waals surface area contributed by atoms with Crippen LogP contribution in [0.25, 0.3) is 0 Å². The molecule has 0 unspecified atom stereocenters. The zero-order chi connectivity index (χ0) is 17.0. The van der Waals surface area contributed by atoms with Crippen LogP contribution in [-0.2, 0) is 9.59 Å². The first-order valence-electron chi connectivity index (χ1n) is 9.10. The molecule has 2 fully saturated rings. The van der Waals surface area contributed by atoms with Gasteiger partial charge in [0.1, 0.15) is 0 Å². The first-order valence-corrected chi connectivity index (χ1v) is 10.5. The second-order valence-electron chi connectivity index (χ2n) is 7.26. The minimum Gasteiger partial charge on any atom is -0.353 e. The summed E-state index contributed by atoms with van der Waals surface area (Å²) in [5.74, 6) is 1.43. The highest BCUT2D eigenvalue weighted by Crippen LogP contribution is 2.41. The van der Waals surface area contributed by atoms with Crippen LogP contribution >= 0.6 is 11.8 Å². The van der Waals surface area contributed by atoms with Crippen LogP contribution in [0, 0.1) is 11.8 Å². The summed E-state index contributed by atoms with van der Waals surface area (Å²) < 4.78 is 0. The van der Waals surface area contributed by atoms with Crippen LogP contribution < -0.4 is 5.32 Å². The minimum absolute atomic E-state index is 0.0719. The van der Waals surface area contributed by atoms with Crippen molar-refractivity contribution in [2.24, 2.45) is 11.8 Å². The van der Waals surface area contributed by atoms with Crippen molar-refractivity contribution in [1.29, 1.82) is 0 Å². The van der Waals surface area contributed by atoms with Gasteiger partial charge in [-0.05, 0) is 51.7 Å². The van der Waals surface area contributed by atoms with E-state index in [9.17, 15) is 9.59 Å². The van der Waals surface area contributed by atoms with Crippen molar-refractivity contribution in [3.8, 4) is 0 Å². The van der Waals surface area contributed by atoms with Gasteiger partial charge in [0, 0.05) is 24.0 Å². The number of rotatable bonds is 5. The Morgan fingerprint density at radius 3 is 2.65 bits per heavy atom. The maximum absolute atomic E-state index is 12.8. The van der Waals surface area contributed by atoms with E-state index in [1.54, 1.807) is 11.8 Å². The van der Waals surface area contributed by atoms with E-state index in [4.69, 9.17) is 0 Å². The molecular weight excluding hydrogens is 308 g/mol. The second kappa shape index (κ2) is 8.41. The fourth-order valence-electron chi connectivity index (χ4n) is 4.32. The third-order valence-corrected chi connectivity index (χ3v) is 6.15. The van der Waals surface area contributed by atoms with Crippen LogP contribution in [0.3, 0.4) is 0 Å². The Labute approximate surface area is 145 Å². The number of nitrogens with one attached hydrogen (secondary N) is 1. The summed E-state index contributed by atoms with van der Waals surface area (Å²) in [6.45, 7) is 6.28. The van der Waals surface area contributed by atoms with Crippen LogP contribution in [-0.4, -0.2) is 46.8 Å². The zero-order valence-corrected chi connectivity index (χ0v) is 15.8. The van der Waals surface area contributed by atoms with Gasteiger partial charge in [0.05, 0.1) is 5.75 Å². The predicted molar refractivity (Wildman–Crippen MR) is 96.4 cm³/mol. The maximum Gasteiger partial charge on any atom is 0.233 e. The fourth-order valence-corrected chi connectivity index (χ4v) is 4.72. The molecular formula is C18H32N2O2S. The molecule has 1 N–H and O–H groups in total. The second-order valence-corrected chi connectivity index (χ2v) is 8.12. The predicted octanol–water partition coefficient (Wildman–Crippen LogP) is 3.06. The first kappa shape index (κ1) is 18.6. The first-order chi connectivity index (χ1) is 11.0. The molecule has 0 aromatic heterocycles. The summed E-state index contributed by atoms with van der Waals surface area (Å²) in [6.07, 6.45) is 8.25. The Morgan fingerprint density at radius 1 is 1.30 bits per heavy atom. The standard InChI is InChI=1S/C18H32N2O2S/c1-5-12(2)19-18(22)15-10-13(3)20(17(21)11-23-4)16-9-7-6-8-14(15)16/h12-16H,5-11H2,1-4H3,(H,19,22)/t12-,13-,14-,15+,16-/m0/s1. The Hall–Kier alpha value is -0.710. The monoisotopic (exact) mass is 340 g/mol. The number of thioether (sulfide) groups is 1. The van der Waals surface area contributed by atoms with Gasteiger partial charge < -0.3 is 10.2 Å². The van der Waals surface area contributed by atoms with Gasteiger partial charge in [-0.15, -0.1) is 0 Å². The normalized spacial score (nSPS) is 32.1. The number of nitrogens with zero attached hydrogens (tertiary/aromatic N) is 1. The van der Waals surface area contributed by atoms with E-state index in [-0.39, 0.29) is 35.9 Å². The molecule has 5 atom stereocenters. The number of amides is 2. The third-order valence-electron chi connectivity index (χ3n) is 5.62. The average molecular weight is 341 g/mol. The smallest absolute Gasteiger partial charge is 0.233 e. The zero-order valence-electron chi connectivity index (χ0n) is 15.0. The lowest BCUT2D eigenvalue weighted by Gasteiger charge is -2.51. The quantitative estimate of drug-likeness (QED) is 0.837. The topological polar surface area (TPSA) is 49.4 Å². The summed E-state index contributed by atoms with van der Waals surface area (Å²) in [7, 11) is 0. The van der Waals surface area contributed by atoms with Crippen LogP contribution in [0.4, 0.5) is 0 Å². The van der Waals surface area contributed by atoms with Crippen LogP contribution in [0.2, 0.25) is 0 Å². The van der Waals surface area contributed by atoms with Gasteiger partial charge in [0.25, 0.3) is 0 Å². The Balaban J connectivity index is 2.15. The number of hydrogen-bond acceptors (Lipinski definition) is 3. The molecule has 23 heavy (non-hydrogen) atoms. The minimum atomic E-state index is 0.0719. The number of carbonyl (C=O) groups is 2. The van der Waals surface area contributed by atoms with Gasteiger partial charge in [-0.3, -0.25) is 9.59 Å². The molecule has 0 aromatic carbocycles. The fraction of sp³-hybridized carbons (Fsp3) is 0.889. The molecule has 1 aliphatic carbocycles. The van der Waals surface area contributed by atoms with Crippen molar-refractivity contribution in [3.63, 3.8) is 0 Å². The molecule has 1 saturated carbocycles. The molecule has 0 radical (unpaired) electrons. The van der Waals surface area contributed by atoms with E-state index >= 15 is 0 Å². The molecule has 2 aliphatic rings. The molecule has 0 spiro atoms. The van der Waals surface area contributed by atoms with Gasteiger partial charge in [-0.1, -0.05) is 19.8 Å². The van der Waals surface area contributed by atoms with Crippen LogP contribution in [0.5, 0.6) is 0 Å². The molecule has 2 amide bonds. The highest BCUT2D eigenvalue weighted by molar-refractivity contribution is 7.99. The Morgan fingerprint density at radius 2 is 2.00 bits per heavy atom. The Kier molecular flexibility index (Phi) is 6.81. The SMILES string of the molecule is CC[C@H](C)NC(=O)[C@@H]1C[C@H](C)N(C(=O)CSC)[C@H]2CCCC[C@@H]12. The van der Waals surface area contributed by atoms with Crippen molar-refractivity contribution in [3.05, 3.63) is 0 Å². The van der Waals surface area contributed by atoms with Crippen molar-refractivity contribution in [1.82, 2.24) is 10.2 Å². The molecule has 132 valence electrons. The van der Waals surface area contributed by atoms with Gasteiger partial charge in [-0.25, -0.2) is 0 Å². The van der Waals surface area contributed by atoms with E-state index in [1.807, 2.05) is 6.26 Å². The molecule has 4 nitrogen and oxygen atoms in total.